The maximum absolute atomic E-state index is 12.7. The van der Waals surface area contributed by atoms with Gasteiger partial charge < -0.3 is 24.3 Å². The van der Waals surface area contributed by atoms with Crippen LogP contribution in [-0.4, -0.2) is 25.4 Å². The largest absolute Gasteiger partial charge is 0.495 e. The van der Waals surface area contributed by atoms with Crippen LogP contribution in [0.25, 0.3) is 6.08 Å². The first-order valence-corrected chi connectivity index (χ1v) is 8.73. The molecule has 27 heavy (non-hydrogen) atoms. The van der Waals surface area contributed by atoms with Crippen LogP contribution in [0.2, 0.25) is 0 Å². The smallest absolute Gasteiger partial charge is 0.255 e. The van der Waals surface area contributed by atoms with Crippen molar-refractivity contribution in [3.63, 3.8) is 0 Å². The fraction of sp³-hybridized carbons (Fsp3) is 0.286. The Kier molecular flexibility index (Phi) is 4.18. The molecular weight excluding hydrogens is 346 g/mol. The summed E-state index contributed by atoms with van der Waals surface area (Å²) < 4.78 is 22.1. The van der Waals surface area contributed by atoms with E-state index in [1.165, 1.54) is 0 Å². The molecule has 0 bridgehead atoms. The Labute approximate surface area is 157 Å². The van der Waals surface area contributed by atoms with Crippen LogP contribution in [-0.2, 0) is 6.54 Å². The molecule has 1 amide bonds. The molecule has 0 radical (unpaired) electrons. The average Bonchev–Trinajstić information content (AvgIpc) is 3.12. The van der Waals surface area contributed by atoms with Gasteiger partial charge in [0.05, 0.1) is 18.2 Å². The van der Waals surface area contributed by atoms with Crippen LogP contribution >= 0.6 is 0 Å². The number of hydrogen-bond donors (Lipinski definition) is 1. The van der Waals surface area contributed by atoms with E-state index in [4.69, 9.17) is 18.9 Å². The van der Waals surface area contributed by atoms with Crippen molar-refractivity contribution in [1.29, 1.82) is 0 Å². The van der Waals surface area contributed by atoms with Gasteiger partial charge in [-0.15, -0.1) is 0 Å². The van der Waals surface area contributed by atoms with Gasteiger partial charge in [0.2, 0.25) is 6.79 Å². The number of hydrogen-bond acceptors (Lipinski definition) is 5. The summed E-state index contributed by atoms with van der Waals surface area (Å²) in [4.78, 5) is 12.7. The lowest BCUT2D eigenvalue weighted by molar-refractivity contribution is 0.0947. The molecule has 6 heteroatoms. The third-order valence-electron chi connectivity index (χ3n) is 4.52. The summed E-state index contributed by atoms with van der Waals surface area (Å²) in [6.45, 7) is 4.55. The zero-order valence-corrected chi connectivity index (χ0v) is 15.5. The van der Waals surface area contributed by atoms with Gasteiger partial charge in [-0.1, -0.05) is 6.07 Å². The van der Waals surface area contributed by atoms with Gasteiger partial charge in [0.15, 0.2) is 11.5 Å². The van der Waals surface area contributed by atoms with Crippen molar-refractivity contribution in [3.05, 3.63) is 53.1 Å². The Balaban J connectivity index is 1.54. The van der Waals surface area contributed by atoms with Crippen molar-refractivity contribution in [2.75, 3.05) is 13.9 Å². The minimum absolute atomic E-state index is 0.217. The van der Waals surface area contributed by atoms with Gasteiger partial charge in [-0.25, -0.2) is 0 Å². The molecule has 0 spiro atoms. The van der Waals surface area contributed by atoms with Crippen molar-refractivity contribution < 1.29 is 23.7 Å². The van der Waals surface area contributed by atoms with Crippen LogP contribution in [0.1, 0.15) is 35.3 Å². The second-order valence-electron chi connectivity index (χ2n) is 6.97. The van der Waals surface area contributed by atoms with Crippen molar-refractivity contribution in [2.45, 2.75) is 26.0 Å². The second-order valence-corrected chi connectivity index (χ2v) is 6.97. The lowest BCUT2D eigenvalue weighted by atomic mass is 9.99. The number of amides is 1. The van der Waals surface area contributed by atoms with E-state index in [1.807, 2.05) is 44.2 Å². The minimum Gasteiger partial charge on any atom is -0.495 e. The molecule has 2 aliphatic rings. The first-order chi connectivity index (χ1) is 13.0. The van der Waals surface area contributed by atoms with Gasteiger partial charge in [-0.3, -0.25) is 4.79 Å². The van der Waals surface area contributed by atoms with E-state index in [-0.39, 0.29) is 18.3 Å². The molecule has 2 heterocycles. The SMILES string of the molecule is COc1c(C(=O)NCc2ccc3c(c2)OCO3)ccc2c1C=CC(C)(C)O2. The first kappa shape index (κ1) is 17.3. The molecule has 4 rings (SSSR count). The molecule has 140 valence electrons. The molecule has 2 aromatic rings. The Hall–Kier alpha value is -3.15. The normalized spacial score (nSPS) is 15.7. The minimum atomic E-state index is -0.388. The summed E-state index contributed by atoms with van der Waals surface area (Å²) >= 11 is 0. The second kappa shape index (κ2) is 6.54. The van der Waals surface area contributed by atoms with E-state index in [9.17, 15) is 4.79 Å². The quantitative estimate of drug-likeness (QED) is 0.895. The van der Waals surface area contributed by atoms with E-state index in [1.54, 1.807) is 19.2 Å². The van der Waals surface area contributed by atoms with E-state index in [2.05, 4.69) is 5.32 Å². The number of rotatable bonds is 4. The molecule has 0 saturated heterocycles. The Bertz CT molecular complexity index is 932. The monoisotopic (exact) mass is 367 g/mol. The summed E-state index contributed by atoms with van der Waals surface area (Å²) in [5.74, 6) is 2.40. The highest BCUT2D eigenvalue weighted by atomic mass is 16.7. The predicted molar refractivity (Wildman–Crippen MR) is 100 cm³/mol. The van der Waals surface area contributed by atoms with Gasteiger partial charge >= 0.3 is 0 Å². The summed E-state index contributed by atoms with van der Waals surface area (Å²) in [6, 6.07) is 9.13. The molecule has 0 saturated carbocycles. The third-order valence-corrected chi connectivity index (χ3v) is 4.52. The van der Waals surface area contributed by atoms with E-state index in [0.717, 1.165) is 16.9 Å². The number of carbonyl (C=O) groups is 1. The molecule has 0 unspecified atom stereocenters. The third kappa shape index (κ3) is 3.30. The van der Waals surface area contributed by atoms with Crippen molar-refractivity contribution in [3.8, 4) is 23.0 Å². The molecular formula is C21H21NO5. The maximum Gasteiger partial charge on any atom is 0.255 e. The lowest BCUT2D eigenvalue weighted by Crippen LogP contribution is -2.28. The van der Waals surface area contributed by atoms with Crippen molar-refractivity contribution >= 4 is 12.0 Å². The van der Waals surface area contributed by atoms with E-state index < -0.39 is 0 Å². The Morgan fingerprint density at radius 3 is 2.74 bits per heavy atom. The lowest BCUT2D eigenvalue weighted by Gasteiger charge is -2.29. The van der Waals surface area contributed by atoms with E-state index >= 15 is 0 Å². The van der Waals surface area contributed by atoms with Crippen LogP contribution in [0, 0.1) is 0 Å². The van der Waals surface area contributed by atoms with Gasteiger partial charge in [-0.2, -0.15) is 0 Å². The van der Waals surface area contributed by atoms with Crippen LogP contribution in [0.5, 0.6) is 23.0 Å². The molecule has 0 atom stereocenters. The summed E-state index contributed by atoms with van der Waals surface area (Å²) in [5.41, 5.74) is 1.77. The number of methoxy groups -OCH3 is 1. The highest BCUT2D eigenvalue weighted by molar-refractivity contribution is 5.98. The fourth-order valence-electron chi connectivity index (χ4n) is 3.16. The number of ether oxygens (including phenoxy) is 4. The van der Waals surface area contributed by atoms with Crippen molar-refractivity contribution in [1.82, 2.24) is 5.32 Å². The van der Waals surface area contributed by atoms with Crippen LogP contribution < -0.4 is 24.3 Å². The molecule has 2 aliphatic heterocycles. The molecule has 0 aromatic heterocycles. The number of carbonyl (C=O) groups excluding carboxylic acids is 1. The molecule has 1 N–H and O–H groups in total. The number of fused-ring (bicyclic) bond motifs is 2. The topological polar surface area (TPSA) is 66.0 Å². The summed E-state index contributed by atoms with van der Waals surface area (Å²) in [6.07, 6.45) is 3.89. The maximum atomic E-state index is 12.7. The Morgan fingerprint density at radius 1 is 1.15 bits per heavy atom. The number of benzene rings is 2. The van der Waals surface area contributed by atoms with Crippen LogP contribution in [0.4, 0.5) is 0 Å². The van der Waals surface area contributed by atoms with Gasteiger partial charge in [0.25, 0.3) is 5.91 Å². The standard InChI is InChI=1S/C21H21NO5/c1-21(2)9-8-14-16(27-21)7-5-15(19(14)24-3)20(23)22-11-13-4-6-17-18(10-13)26-12-25-17/h4-10H,11-12H2,1-3H3,(H,22,23). The zero-order chi connectivity index (χ0) is 19.0. The number of nitrogens with one attached hydrogen (secondary N) is 1. The molecule has 0 aliphatic carbocycles. The molecule has 2 aromatic carbocycles. The molecule has 6 nitrogen and oxygen atoms in total. The highest BCUT2D eigenvalue weighted by Crippen LogP contribution is 2.39. The van der Waals surface area contributed by atoms with Gasteiger partial charge in [-0.05, 0) is 55.8 Å². The summed E-state index contributed by atoms with van der Waals surface area (Å²) in [5, 5.41) is 2.92. The fourth-order valence-corrected chi connectivity index (χ4v) is 3.16. The average molecular weight is 367 g/mol. The van der Waals surface area contributed by atoms with Crippen LogP contribution in [0.15, 0.2) is 36.4 Å². The molecule has 0 fully saturated rings. The van der Waals surface area contributed by atoms with E-state index in [0.29, 0.717) is 29.4 Å². The van der Waals surface area contributed by atoms with Crippen LogP contribution in [0.3, 0.4) is 0 Å². The van der Waals surface area contributed by atoms with Gasteiger partial charge in [0.1, 0.15) is 17.1 Å². The van der Waals surface area contributed by atoms with Crippen molar-refractivity contribution in [2.24, 2.45) is 0 Å². The predicted octanol–water partition coefficient (Wildman–Crippen LogP) is 3.54. The van der Waals surface area contributed by atoms with Gasteiger partial charge in [0, 0.05) is 6.54 Å². The first-order valence-electron chi connectivity index (χ1n) is 8.73. The Morgan fingerprint density at radius 2 is 1.93 bits per heavy atom. The summed E-state index contributed by atoms with van der Waals surface area (Å²) in [7, 11) is 1.55. The highest BCUT2D eigenvalue weighted by Gasteiger charge is 2.26. The zero-order valence-electron chi connectivity index (χ0n) is 15.5.